The van der Waals surface area contributed by atoms with Crippen molar-refractivity contribution in [2.24, 2.45) is 11.3 Å². The van der Waals surface area contributed by atoms with Gasteiger partial charge in [-0.25, -0.2) is 0 Å². The van der Waals surface area contributed by atoms with Crippen molar-refractivity contribution in [3.8, 4) is 11.5 Å². The maximum atomic E-state index is 13.0. The number of nitrogens with zero attached hydrogens (tertiary/aromatic N) is 1. The van der Waals surface area contributed by atoms with Crippen LogP contribution in [0.25, 0.3) is 0 Å². The van der Waals surface area contributed by atoms with E-state index >= 15 is 0 Å². The molecule has 1 saturated heterocycles. The third-order valence-corrected chi connectivity index (χ3v) is 9.90. The molecule has 7 rings (SSSR count). The van der Waals surface area contributed by atoms with Gasteiger partial charge in [-0.05, 0) is 71.0 Å². The molecule has 6 atom stereocenters. The Morgan fingerprint density at radius 1 is 1.22 bits per heavy atom. The maximum Gasteiger partial charge on any atom is 0.165 e. The fourth-order valence-corrected chi connectivity index (χ4v) is 8.69. The van der Waals surface area contributed by atoms with E-state index in [0.717, 1.165) is 56.7 Å². The van der Waals surface area contributed by atoms with Gasteiger partial charge in [-0.3, -0.25) is 9.69 Å². The van der Waals surface area contributed by atoms with Gasteiger partial charge in [-0.2, -0.15) is 0 Å². The summed E-state index contributed by atoms with van der Waals surface area (Å²) >= 11 is 0. The molecule has 2 heterocycles. The van der Waals surface area contributed by atoms with Crippen molar-refractivity contribution in [3.05, 3.63) is 34.9 Å². The van der Waals surface area contributed by atoms with E-state index in [0.29, 0.717) is 6.04 Å². The van der Waals surface area contributed by atoms with Crippen LogP contribution in [0.15, 0.2) is 23.8 Å². The second-order valence-corrected chi connectivity index (χ2v) is 11.0. The second-order valence-electron chi connectivity index (χ2n) is 11.0. The summed E-state index contributed by atoms with van der Waals surface area (Å²) in [6, 6.07) is 4.75. The van der Waals surface area contributed by atoms with Gasteiger partial charge in [0.15, 0.2) is 11.5 Å². The van der Waals surface area contributed by atoms with E-state index in [9.17, 15) is 4.79 Å². The minimum Gasteiger partial charge on any atom is -0.493 e. The number of ketones is 1. The number of carbonyl (C=O) groups excluding carboxylic acids is 1. The molecule has 3 saturated carbocycles. The van der Waals surface area contributed by atoms with Crippen LogP contribution in [0.2, 0.25) is 0 Å². The van der Waals surface area contributed by atoms with Gasteiger partial charge in [-0.15, -0.1) is 0 Å². The zero-order valence-corrected chi connectivity index (χ0v) is 20.0. The average Bonchev–Trinajstić information content (AvgIpc) is 3.14. The van der Waals surface area contributed by atoms with Crippen molar-refractivity contribution in [1.29, 1.82) is 0 Å². The Hall–Kier alpha value is -1.85. The first-order valence-electron chi connectivity index (χ1n) is 12.1. The Kier molecular flexibility index (Phi) is 4.28. The van der Waals surface area contributed by atoms with E-state index in [1.165, 1.54) is 16.7 Å². The third kappa shape index (κ3) is 2.15. The molecular weight excluding hydrogens is 402 g/mol. The first kappa shape index (κ1) is 20.7. The van der Waals surface area contributed by atoms with Crippen LogP contribution in [-0.2, 0) is 21.4 Å². The van der Waals surface area contributed by atoms with Crippen LogP contribution < -0.4 is 9.47 Å². The molecule has 0 N–H and O–H groups in total. The van der Waals surface area contributed by atoms with E-state index in [2.05, 4.69) is 37.0 Å². The Morgan fingerprint density at radius 3 is 2.72 bits per heavy atom. The lowest BCUT2D eigenvalue weighted by atomic mass is 9.34. The summed E-state index contributed by atoms with van der Waals surface area (Å²) in [5, 5.41) is 0. The summed E-state index contributed by atoms with van der Waals surface area (Å²) in [6.45, 7) is 8.15. The monoisotopic (exact) mass is 437 g/mol. The number of methoxy groups -OCH3 is 2. The molecule has 6 aliphatic rings. The highest BCUT2D eigenvalue weighted by molar-refractivity contribution is 5.81. The maximum absolute atomic E-state index is 13.0. The molecule has 1 aromatic carbocycles. The molecule has 5 heteroatoms. The molecule has 0 aromatic heterocycles. The van der Waals surface area contributed by atoms with Gasteiger partial charge >= 0.3 is 0 Å². The number of hydrogen-bond donors (Lipinski definition) is 0. The van der Waals surface area contributed by atoms with E-state index in [1.54, 1.807) is 21.1 Å². The minimum absolute atomic E-state index is 0.0344. The van der Waals surface area contributed by atoms with Gasteiger partial charge in [0.25, 0.3) is 0 Å². The summed E-state index contributed by atoms with van der Waals surface area (Å²) in [5.41, 5.74) is 3.52. The Bertz CT molecular complexity index is 1030. The predicted molar refractivity (Wildman–Crippen MR) is 122 cm³/mol. The summed E-state index contributed by atoms with van der Waals surface area (Å²) in [4.78, 5) is 15.7. The van der Waals surface area contributed by atoms with Gasteiger partial charge in [0.05, 0.1) is 13.0 Å². The SMILES string of the molecule is COc1ccc2c3c1O[C@H]1[C@@]4(OC)CC[C@@]5(C[C@H]4C(C)=O)[C@@H](C2)N(CC=C(C)C)CC[C@]315. The first-order valence-corrected chi connectivity index (χ1v) is 12.1. The molecule has 2 spiro atoms. The smallest absolute Gasteiger partial charge is 0.165 e. The summed E-state index contributed by atoms with van der Waals surface area (Å²) < 4.78 is 19.0. The normalized spacial score (nSPS) is 40.5. The Labute approximate surface area is 191 Å². The fourth-order valence-electron chi connectivity index (χ4n) is 8.69. The lowest BCUT2D eigenvalue weighted by molar-refractivity contribution is -0.271. The molecule has 2 aliphatic heterocycles. The molecule has 5 nitrogen and oxygen atoms in total. The largest absolute Gasteiger partial charge is 0.493 e. The molecule has 1 aromatic rings. The number of piperidine rings is 1. The molecule has 4 bridgehead atoms. The fraction of sp³-hybridized carbons (Fsp3) is 0.667. The predicted octanol–water partition coefficient (Wildman–Crippen LogP) is 4.06. The molecule has 172 valence electrons. The zero-order chi connectivity index (χ0) is 22.5. The summed E-state index contributed by atoms with van der Waals surface area (Å²) in [6.07, 6.45) is 7.19. The van der Waals surface area contributed by atoms with Gasteiger partial charge in [0.1, 0.15) is 17.5 Å². The molecule has 4 aliphatic carbocycles. The van der Waals surface area contributed by atoms with Crippen molar-refractivity contribution in [2.75, 3.05) is 27.3 Å². The molecular formula is C27H35NO4. The summed E-state index contributed by atoms with van der Waals surface area (Å²) in [5.74, 6) is 1.86. The number of fused-ring (bicyclic) bond motifs is 2. The zero-order valence-electron chi connectivity index (χ0n) is 20.0. The van der Waals surface area contributed by atoms with Crippen LogP contribution >= 0.6 is 0 Å². The van der Waals surface area contributed by atoms with Crippen molar-refractivity contribution in [3.63, 3.8) is 0 Å². The summed E-state index contributed by atoms with van der Waals surface area (Å²) in [7, 11) is 3.52. The van der Waals surface area contributed by atoms with Crippen molar-refractivity contribution in [2.45, 2.75) is 76.0 Å². The van der Waals surface area contributed by atoms with E-state index in [-0.39, 0.29) is 28.6 Å². The molecule has 4 fully saturated rings. The van der Waals surface area contributed by atoms with Crippen molar-refractivity contribution >= 4 is 5.78 Å². The highest BCUT2D eigenvalue weighted by Gasteiger charge is 2.81. The Balaban J connectivity index is 1.61. The van der Waals surface area contributed by atoms with Crippen LogP contribution in [0, 0.1) is 11.3 Å². The van der Waals surface area contributed by atoms with Crippen LogP contribution in [0.5, 0.6) is 11.5 Å². The Morgan fingerprint density at radius 2 is 2.03 bits per heavy atom. The first-order chi connectivity index (χ1) is 15.3. The van der Waals surface area contributed by atoms with Gasteiger partial charge < -0.3 is 14.2 Å². The van der Waals surface area contributed by atoms with Crippen molar-refractivity contribution in [1.82, 2.24) is 4.90 Å². The standard InChI is InChI=1S/C27H35NO4/c1-16(2)8-12-28-13-11-26-22-18-6-7-20(30-4)23(22)32-24(26)27(31-5)10-9-25(26,21(28)14-18)15-19(27)17(3)29/h6-8,19,21,24H,9-15H2,1-5H3/t19-,21+,24+,25+,26-,27+/m0/s1. The molecule has 0 radical (unpaired) electrons. The quantitative estimate of drug-likeness (QED) is 0.650. The van der Waals surface area contributed by atoms with Crippen LogP contribution in [0.4, 0.5) is 0 Å². The number of ether oxygens (including phenoxy) is 3. The van der Waals surface area contributed by atoms with Gasteiger partial charge in [0, 0.05) is 36.1 Å². The number of rotatable bonds is 5. The average molecular weight is 438 g/mol. The van der Waals surface area contributed by atoms with Gasteiger partial charge in [0.2, 0.25) is 0 Å². The lowest BCUT2D eigenvalue weighted by Gasteiger charge is -2.73. The van der Waals surface area contributed by atoms with Crippen molar-refractivity contribution < 1.29 is 19.0 Å². The molecule has 32 heavy (non-hydrogen) atoms. The lowest BCUT2D eigenvalue weighted by Crippen LogP contribution is -2.81. The van der Waals surface area contributed by atoms with Crippen LogP contribution in [-0.4, -0.2) is 55.7 Å². The minimum atomic E-state index is -0.557. The van der Waals surface area contributed by atoms with Crippen LogP contribution in [0.1, 0.15) is 57.6 Å². The number of hydrogen-bond acceptors (Lipinski definition) is 5. The number of carbonyl (C=O) groups is 1. The number of Topliss-reactive ketones (excluding diaryl/α,β-unsaturated/α-hetero) is 1. The van der Waals surface area contributed by atoms with Crippen LogP contribution in [0.3, 0.4) is 0 Å². The van der Waals surface area contributed by atoms with E-state index in [4.69, 9.17) is 14.2 Å². The number of benzene rings is 1. The highest BCUT2D eigenvalue weighted by atomic mass is 16.6. The molecule has 0 amide bonds. The number of allylic oxidation sites excluding steroid dienone is 1. The second kappa shape index (κ2) is 6.60. The highest BCUT2D eigenvalue weighted by Crippen LogP contribution is 2.76. The topological polar surface area (TPSA) is 48.0 Å². The molecule has 0 unspecified atom stereocenters. The van der Waals surface area contributed by atoms with E-state index < -0.39 is 5.60 Å². The number of likely N-dealkylation sites (tertiary alicyclic amines) is 1. The third-order valence-electron chi connectivity index (χ3n) is 9.90. The van der Waals surface area contributed by atoms with Gasteiger partial charge in [-0.1, -0.05) is 17.7 Å². The van der Waals surface area contributed by atoms with E-state index in [1.807, 2.05) is 0 Å².